The topological polar surface area (TPSA) is 55.4 Å². The van der Waals surface area contributed by atoms with E-state index in [-0.39, 0.29) is 18.9 Å². The molecule has 0 unspecified atom stereocenters. The average Bonchev–Trinajstić information content (AvgIpc) is 2.31. The molecule has 0 aliphatic carbocycles. The fraction of sp³-hybridized carbons (Fsp3) is 0.385. The summed E-state index contributed by atoms with van der Waals surface area (Å²) >= 11 is 0. The van der Waals surface area contributed by atoms with Gasteiger partial charge < -0.3 is 10.1 Å². The van der Waals surface area contributed by atoms with Crippen LogP contribution < -0.4 is 5.32 Å². The molecule has 0 heterocycles. The second-order valence-electron chi connectivity index (χ2n) is 3.80. The lowest BCUT2D eigenvalue weighted by Crippen LogP contribution is -2.42. The fourth-order valence-electron chi connectivity index (χ4n) is 1.57. The third-order valence-electron chi connectivity index (χ3n) is 2.33. The normalized spacial score (nSPS) is 11.7. The Kier molecular flexibility index (Phi) is 5.30. The number of hydrogen-bond donors (Lipinski definition) is 1. The van der Waals surface area contributed by atoms with Crippen LogP contribution >= 0.6 is 0 Å². The zero-order chi connectivity index (χ0) is 13.5. The molecule has 0 saturated carbocycles. The molecule has 0 aliphatic rings. The zero-order valence-corrected chi connectivity index (χ0v) is 10.4. The molecule has 0 aliphatic heterocycles. The molecule has 1 aromatic rings. The van der Waals surface area contributed by atoms with Gasteiger partial charge in [-0.15, -0.1) is 0 Å². The number of esters is 1. The van der Waals surface area contributed by atoms with Crippen LogP contribution in [0.15, 0.2) is 24.3 Å². The predicted octanol–water partition coefficient (Wildman–Crippen LogP) is 1.44. The van der Waals surface area contributed by atoms with Gasteiger partial charge in [-0.3, -0.25) is 4.79 Å². The molecule has 0 spiro atoms. The van der Waals surface area contributed by atoms with Gasteiger partial charge in [0, 0.05) is 13.3 Å². The van der Waals surface area contributed by atoms with Gasteiger partial charge in [0.25, 0.3) is 0 Å². The maximum Gasteiger partial charge on any atom is 0.328 e. The summed E-state index contributed by atoms with van der Waals surface area (Å²) in [6, 6.07) is 5.26. The lowest BCUT2D eigenvalue weighted by Gasteiger charge is -2.16. The SMILES string of the molecule is CCOC(=O)[C@H](Cc1ccccc1F)NC(C)=O. The van der Waals surface area contributed by atoms with Crippen molar-refractivity contribution in [1.29, 1.82) is 0 Å². The van der Waals surface area contributed by atoms with Gasteiger partial charge in [0.2, 0.25) is 5.91 Å². The lowest BCUT2D eigenvalue weighted by molar-refractivity contribution is -0.147. The summed E-state index contributed by atoms with van der Waals surface area (Å²) in [7, 11) is 0. The van der Waals surface area contributed by atoms with Crippen LogP contribution in [0.5, 0.6) is 0 Å². The van der Waals surface area contributed by atoms with Crippen LogP contribution in [0.1, 0.15) is 19.4 Å². The number of rotatable bonds is 5. The molecule has 0 radical (unpaired) electrons. The van der Waals surface area contributed by atoms with Crippen molar-refractivity contribution < 1.29 is 18.7 Å². The minimum absolute atomic E-state index is 0.0745. The molecule has 1 aromatic carbocycles. The second kappa shape index (κ2) is 6.74. The maximum atomic E-state index is 13.5. The summed E-state index contributed by atoms with van der Waals surface area (Å²) in [6.07, 6.45) is 0.0745. The predicted molar refractivity (Wildman–Crippen MR) is 64.3 cm³/mol. The quantitative estimate of drug-likeness (QED) is 0.808. The molecule has 1 rings (SSSR count). The summed E-state index contributed by atoms with van der Waals surface area (Å²) in [4.78, 5) is 22.7. The first kappa shape index (κ1) is 14.2. The monoisotopic (exact) mass is 253 g/mol. The minimum atomic E-state index is -0.862. The van der Waals surface area contributed by atoms with Crippen LogP contribution in [0.25, 0.3) is 0 Å². The third kappa shape index (κ3) is 4.16. The van der Waals surface area contributed by atoms with E-state index in [1.165, 1.54) is 13.0 Å². The van der Waals surface area contributed by atoms with Gasteiger partial charge in [0.05, 0.1) is 6.61 Å². The molecule has 98 valence electrons. The third-order valence-corrected chi connectivity index (χ3v) is 2.33. The molecule has 1 N–H and O–H groups in total. The van der Waals surface area contributed by atoms with Gasteiger partial charge in [-0.1, -0.05) is 18.2 Å². The number of hydrogen-bond acceptors (Lipinski definition) is 3. The highest BCUT2D eigenvalue weighted by molar-refractivity contribution is 5.83. The zero-order valence-electron chi connectivity index (χ0n) is 10.4. The van der Waals surface area contributed by atoms with Crippen molar-refractivity contribution in [1.82, 2.24) is 5.32 Å². The van der Waals surface area contributed by atoms with E-state index in [2.05, 4.69) is 5.32 Å². The molecule has 4 nitrogen and oxygen atoms in total. The number of ether oxygens (including phenoxy) is 1. The van der Waals surface area contributed by atoms with Crippen molar-refractivity contribution in [3.05, 3.63) is 35.6 Å². The number of benzene rings is 1. The average molecular weight is 253 g/mol. The summed E-state index contributed by atoms with van der Waals surface area (Å²) in [5.41, 5.74) is 0.365. The smallest absolute Gasteiger partial charge is 0.328 e. The number of nitrogens with one attached hydrogen (secondary N) is 1. The Balaban J connectivity index is 2.81. The Bertz CT molecular complexity index is 434. The van der Waals surface area contributed by atoms with Crippen LogP contribution in [0.3, 0.4) is 0 Å². The Labute approximate surface area is 105 Å². The molecule has 0 bridgehead atoms. The van der Waals surface area contributed by atoms with Gasteiger partial charge >= 0.3 is 5.97 Å². The van der Waals surface area contributed by atoms with Gasteiger partial charge in [-0.25, -0.2) is 9.18 Å². The van der Waals surface area contributed by atoms with Crippen molar-refractivity contribution in [2.75, 3.05) is 6.61 Å². The number of halogens is 1. The van der Waals surface area contributed by atoms with Crippen molar-refractivity contribution in [2.24, 2.45) is 0 Å². The second-order valence-corrected chi connectivity index (χ2v) is 3.80. The molecular formula is C13H16FNO3. The highest BCUT2D eigenvalue weighted by Crippen LogP contribution is 2.10. The minimum Gasteiger partial charge on any atom is -0.464 e. The van der Waals surface area contributed by atoms with E-state index in [1.54, 1.807) is 25.1 Å². The fourth-order valence-corrected chi connectivity index (χ4v) is 1.57. The molecule has 18 heavy (non-hydrogen) atoms. The molecule has 5 heteroatoms. The van der Waals surface area contributed by atoms with Gasteiger partial charge in [-0.2, -0.15) is 0 Å². The van der Waals surface area contributed by atoms with Crippen LogP contribution in [0, 0.1) is 5.82 Å². The standard InChI is InChI=1S/C13H16FNO3/c1-3-18-13(17)12(15-9(2)16)8-10-6-4-5-7-11(10)14/h4-7,12H,3,8H2,1-2H3,(H,15,16)/t12-/m0/s1. The molecule has 1 atom stereocenters. The first-order valence-corrected chi connectivity index (χ1v) is 5.71. The van der Waals surface area contributed by atoms with E-state index < -0.39 is 17.8 Å². The Hall–Kier alpha value is -1.91. The molecule has 1 amide bonds. The van der Waals surface area contributed by atoms with Crippen LogP contribution in [0.4, 0.5) is 4.39 Å². The van der Waals surface area contributed by atoms with E-state index in [1.807, 2.05) is 0 Å². The number of amides is 1. The highest BCUT2D eigenvalue weighted by Gasteiger charge is 2.22. The van der Waals surface area contributed by atoms with E-state index in [0.29, 0.717) is 5.56 Å². The largest absolute Gasteiger partial charge is 0.464 e. The van der Waals surface area contributed by atoms with Crippen molar-refractivity contribution in [2.45, 2.75) is 26.3 Å². The van der Waals surface area contributed by atoms with Crippen molar-refractivity contribution in [3.63, 3.8) is 0 Å². The van der Waals surface area contributed by atoms with Gasteiger partial charge in [0.15, 0.2) is 0 Å². The maximum absolute atomic E-state index is 13.5. The van der Waals surface area contributed by atoms with E-state index in [9.17, 15) is 14.0 Å². The van der Waals surface area contributed by atoms with E-state index >= 15 is 0 Å². The first-order valence-electron chi connectivity index (χ1n) is 5.71. The molecule has 0 fully saturated rings. The van der Waals surface area contributed by atoms with E-state index in [0.717, 1.165) is 0 Å². The van der Waals surface area contributed by atoms with Gasteiger partial charge in [-0.05, 0) is 18.6 Å². The number of carbonyl (C=O) groups excluding carboxylic acids is 2. The van der Waals surface area contributed by atoms with Crippen LogP contribution in [-0.4, -0.2) is 24.5 Å². The summed E-state index contributed by atoms with van der Waals surface area (Å²) in [5, 5.41) is 2.46. The summed E-state index contributed by atoms with van der Waals surface area (Å²) < 4.78 is 18.3. The van der Waals surface area contributed by atoms with E-state index in [4.69, 9.17) is 4.74 Å². The highest BCUT2D eigenvalue weighted by atomic mass is 19.1. The van der Waals surface area contributed by atoms with Gasteiger partial charge in [0.1, 0.15) is 11.9 Å². The molecular weight excluding hydrogens is 237 g/mol. The lowest BCUT2D eigenvalue weighted by atomic mass is 10.1. The summed E-state index contributed by atoms with van der Waals surface area (Å²) in [6.45, 7) is 3.19. The van der Waals surface area contributed by atoms with Crippen LogP contribution in [0.2, 0.25) is 0 Å². The Morgan fingerprint density at radius 1 is 1.39 bits per heavy atom. The van der Waals surface area contributed by atoms with Crippen LogP contribution in [-0.2, 0) is 20.7 Å². The number of carbonyl (C=O) groups is 2. The first-order chi connectivity index (χ1) is 8.54. The van der Waals surface area contributed by atoms with Crippen molar-refractivity contribution in [3.8, 4) is 0 Å². The molecule has 0 aromatic heterocycles. The molecule has 0 saturated heterocycles. The summed E-state index contributed by atoms with van der Waals surface area (Å²) in [5.74, 6) is -1.32. The Morgan fingerprint density at radius 2 is 2.06 bits per heavy atom. The Morgan fingerprint density at radius 3 is 2.61 bits per heavy atom. The van der Waals surface area contributed by atoms with Crippen molar-refractivity contribution >= 4 is 11.9 Å².